The number of aliphatic carboxylic acids is 1. The van der Waals surface area contributed by atoms with E-state index in [-0.39, 0.29) is 24.5 Å². The molecule has 3 rings (SSSR count). The van der Waals surface area contributed by atoms with Gasteiger partial charge >= 0.3 is 25.8 Å². The summed E-state index contributed by atoms with van der Waals surface area (Å²) < 4.78 is 26.2. The molecule has 194 valence electrons. The first-order valence-electron chi connectivity index (χ1n) is 10.7. The molecule has 1 fully saturated rings. The van der Waals surface area contributed by atoms with Gasteiger partial charge in [0.2, 0.25) is 5.75 Å². The minimum atomic E-state index is -2.76. The average molecular weight is 525 g/mol. The Bertz CT molecular complexity index is 1240. The Kier molecular flexibility index (Phi) is 8.93. The number of esters is 1. The third kappa shape index (κ3) is 6.98. The molecule has 1 aliphatic heterocycles. The first-order chi connectivity index (χ1) is 17.0. The third-order valence-corrected chi connectivity index (χ3v) is 5.93. The molecule has 0 aliphatic carbocycles. The van der Waals surface area contributed by atoms with Crippen LogP contribution < -0.4 is 25.4 Å². The molecule has 1 aromatic carbocycles. The summed E-state index contributed by atoms with van der Waals surface area (Å²) in [5.74, 6) is -2.14. The van der Waals surface area contributed by atoms with Gasteiger partial charge in [-0.05, 0) is 26.0 Å². The van der Waals surface area contributed by atoms with E-state index in [1.807, 2.05) is 0 Å². The van der Waals surface area contributed by atoms with Gasteiger partial charge in [-0.25, -0.2) is 14.4 Å². The number of rotatable bonds is 10. The number of carbonyl (C=O) groups is 2. The van der Waals surface area contributed by atoms with Crippen molar-refractivity contribution in [1.82, 2.24) is 9.55 Å². The molecule has 36 heavy (non-hydrogen) atoms. The summed E-state index contributed by atoms with van der Waals surface area (Å²) in [5.41, 5.74) is -1.24. The van der Waals surface area contributed by atoms with Gasteiger partial charge in [0.25, 0.3) is 5.56 Å². The lowest BCUT2D eigenvalue weighted by molar-refractivity contribution is -0.170. The molecule has 6 atom stereocenters. The van der Waals surface area contributed by atoms with Crippen LogP contribution in [0.5, 0.6) is 11.5 Å². The van der Waals surface area contributed by atoms with Gasteiger partial charge in [0, 0.05) is 18.7 Å². The van der Waals surface area contributed by atoms with Crippen molar-refractivity contribution in [3.63, 3.8) is 0 Å². The van der Waals surface area contributed by atoms with Crippen molar-refractivity contribution in [2.75, 3.05) is 6.61 Å². The monoisotopic (exact) mass is 525 g/mol. The van der Waals surface area contributed by atoms with Crippen LogP contribution in [0.4, 0.5) is 0 Å². The Hall–Kier alpha value is -3.58. The fourth-order valence-corrected chi connectivity index (χ4v) is 3.87. The van der Waals surface area contributed by atoms with Gasteiger partial charge in [-0.2, -0.15) is 0 Å². The van der Waals surface area contributed by atoms with Crippen LogP contribution in [0.25, 0.3) is 0 Å². The number of ether oxygens (including phenoxy) is 3. The number of aliphatic hydroxyl groups excluding tert-OH is 1. The molecule has 1 unspecified atom stereocenters. The molecule has 2 heterocycles. The second-order valence-electron chi connectivity index (χ2n) is 7.75. The van der Waals surface area contributed by atoms with E-state index in [1.165, 1.54) is 32.2 Å². The molecular formula is C21H24N3O11P. The number of carboxylic acids is 1. The van der Waals surface area contributed by atoms with E-state index in [0.29, 0.717) is 0 Å². The number of nitrogens with one attached hydrogen (secondary N) is 1. The highest BCUT2D eigenvalue weighted by molar-refractivity contribution is 7.34. The minimum Gasteiger partial charge on any atom is -0.575 e. The molecule has 0 saturated carbocycles. The molecule has 3 N–H and O–H groups in total. The number of nitrogens with zero attached hydrogens (tertiary/aromatic N) is 2. The molecule has 2 aromatic rings. The van der Waals surface area contributed by atoms with Crippen LogP contribution in [0, 0.1) is 0 Å². The van der Waals surface area contributed by atoms with E-state index in [0.717, 1.165) is 10.6 Å². The topological polar surface area (TPSA) is 202 Å². The van der Waals surface area contributed by atoms with Crippen LogP contribution in [0.3, 0.4) is 0 Å². The molecule has 0 radical (unpaired) electrons. The highest BCUT2D eigenvalue weighted by Crippen LogP contribution is 2.34. The molecule has 1 aromatic heterocycles. The maximum atomic E-state index is 12.3. The number of para-hydroxylation sites is 2. The molecule has 14 nitrogen and oxygen atoms in total. The lowest BCUT2D eigenvalue weighted by atomic mass is 10.2. The predicted molar refractivity (Wildman–Crippen MR) is 120 cm³/mol. The quantitative estimate of drug-likeness (QED) is 0.276. The number of aromatic amines is 1. The van der Waals surface area contributed by atoms with Crippen LogP contribution in [-0.2, 0) is 19.1 Å². The van der Waals surface area contributed by atoms with E-state index in [4.69, 9.17) is 23.8 Å². The number of hydrogen-bond donors (Lipinski definition) is 3. The summed E-state index contributed by atoms with van der Waals surface area (Å²) in [6.07, 6.45) is -2.66. The largest absolute Gasteiger partial charge is 0.575 e. The SMILES string of the molecule is C[C@H](N=[P+]([O-])Oc1ccccc1OC[C@H]1O[C@@H](n2ccc(=O)[nH]c2=O)C[C@@H]1O)C(=O)O[C@@H](C)C(=O)O. The summed E-state index contributed by atoms with van der Waals surface area (Å²) in [6.45, 7) is 2.29. The van der Waals surface area contributed by atoms with Gasteiger partial charge < -0.3 is 29.3 Å². The number of carbonyl (C=O) groups excluding carboxylic acids is 1. The Morgan fingerprint density at radius 3 is 2.64 bits per heavy atom. The van der Waals surface area contributed by atoms with Gasteiger partial charge in [-0.15, -0.1) is 0 Å². The maximum absolute atomic E-state index is 12.3. The van der Waals surface area contributed by atoms with Crippen molar-refractivity contribution >= 4 is 20.1 Å². The zero-order chi connectivity index (χ0) is 26.4. The van der Waals surface area contributed by atoms with E-state index < -0.39 is 61.9 Å². The molecule has 15 heteroatoms. The maximum Gasteiger partial charge on any atom is 0.395 e. The van der Waals surface area contributed by atoms with Crippen LogP contribution in [-0.4, -0.2) is 62.7 Å². The van der Waals surface area contributed by atoms with Crippen molar-refractivity contribution in [3.05, 3.63) is 57.4 Å². The molecule has 0 bridgehead atoms. The van der Waals surface area contributed by atoms with E-state index in [9.17, 15) is 29.2 Å². The lowest BCUT2D eigenvalue weighted by Crippen LogP contribution is -2.32. The Morgan fingerprint density at radius 2 is 1.97 bits per heavy atom. The second-order valence-corrected chi connectivity index (χ2v) is 8.63. The highest BCUT2D eigenvalue weighted by Gasteiger charge is 2.36. The van der Waals surface area contributed by atoms with Gasteiger partial charge in [0.1, 0.15) is 18.9 Å². The van der Waals surface area contributed by atoms with Gasteiger partial charge in [-0.1, -0.05) is 16.9 Å². The smallest absolute Gasteiger partial charge is 0.395 e. The number of H-pyrrole nitrogens is 1. The van der Waals surface area contributed by atoms with Gasteiger partial charge in [0.15, 0.2) is 17.9 Å². The van der Waals surface area contributed by atoms with Crippen LogP contribution in [0.2, 0.25) is 0 Å². The van der Waals surface area contributed by atoms with E-state index in [2.05, 4.69) is 9.73 Å². The number of aromatic nitrogens is 2. The third-order valence-electron chi connectivity index (χ3n) is 5.04. The van der Waals surface area contributed by atoms with Crippen LogP contribution in [0.1, 0.15) is 26.5 Å². The normalized spacial score (nSPS) is 21.4. The molecule has 0 spiro atoms. The average Bonchev–Trinajstić information content (AvgIpc) is 3.18. The fraction of sp³-hybridized carbons (Fsp3) is 0.429. The molecule has 1 aliphatic rings. The van der Waals surface area contributed by atoms with Gasteiger partial charge in [0.05, 0.1) is 6.10 Å². The standard InChI is InChI=1S/C21H24N3O11P/c1-11(20(29)33-12(2)19(27)28)23-36(31)35-15-6-4-3-5-14(15)32-10-16-13(25)9-18(34-16)24-8-7-17(26)22-21(24)30/h3-8,11-13,16,18,25H,9-10H2,1-2H3,(H,27,28)(H,22,26,30)/t11-,12-,13-,16+,18+/m0/s1. The number of aliphatic hydroxyl groups is 1. The van der Waals surface area contributed by atoms with Crippen molar-refractivity contribution in [2.24, 2.45) is 4.74 Å². The summed E-state index contributed by atoms with van der Waals surface area (Å²) in [7, 11) is -2.76. The second kappa shape index (κ2) is 11.9. The summed E-state index contributed by atoms with van der Waals surface area (Å²) in [5, 5.41) is 19.1. The first-order valence-corrected chi connectivity index (χ1v) is 11.8. The fourth-order valence-electron chi connectivity index (χ4n) is 3.13. The summed E-state index contributed by atoms with van der Waals surface area (Å²) >= 11 is 0. The Labute approximate surface area is 204 Å². The highest BCUT2D eigenvalue weighted by atomic mass is 31.1. The number of benzene rings is 1. The van der Waals surface area contributed by atoms with Crippen LogP contribution >= 0.6 is 8.17 Å². The zero-order valence-electron chi connectivity index (χ0n) is 19.2. The summed E-state index contributed by atoms with van der Waals surface area (Å²) in [6, 6.07) is 6.07. The van der Waals surface area contributed by atoms with Crippen molar-refractivity contribution < 1.29 is 43.4 Å². The Balaban J connectivity index is 1.62. The number of carboxylic acid groups (broad SMARTS) is 1. The minimum absolute atomic E-state index is 0.0303. The van der Waals surface area contributed by atoms with E-state index in [1.54, 1.807) is 12.1 Å². The predicted octanol–water partition coefficient (Wildman–Crippen LogP) is -0.0966. The van der Waals surface area contributed by atoms with Crippen molar-refractivity contribution in [3.8, 4) is 11.5 Å². The zero-order valence-corrected chi connectivity index (χ0v) is 20.1. The summed E-state index contributed by atoms with van der Waals surface area (Å²) in [4.78, 5) is 60.4. The van der Waals surface area contributed by atoms with E-state index >= 15 is 0 Å². The molecule has 0 amide bonds. The molecular weight excluding hydrogens is 501 g/mol. The number of hydrogen-bond acceptors (Lipinski definition) is 11. The van der Waals surface area contributed by atoms with Crippen molar-refractivity contribution in [1.29, 1.82) is 0 Å². The van der Waals surface area contributed by atoms with Crippen molar-refractivity contribution in [2.45, 2.75) is 50.8 Å². The lowest BCUT2D eigenvalue weighted by Gasteiger charge is -2.17. The first kappa shape index (κ1) is 27.0. The Morgan fingerprint density at radius 1 is 1.28 bits per heavy atom. The van der Waals surface area contributed by atoms with Crippen LogP contribution in [0.15, 0.2) is 50.9 Å². The van der Waals surface area contributed by atoms with Gasteiger partial charge in [-0.3, -0.25) is 18.9 Å². The molecule has 1 saturated heterocycles.